The van der Waals surface area contributed by atoms with Gasteiger partial charge in [0.2, 0.25) is 5.91 Å². The third-order valence-electron chi connectivity index (χ3n) is 4.07. The summed E-state index contributed by atoms with van der Waals surface area (Å²) < 4.78 is 6.06. The van der Waals surface area contributed by atoms with Gasteiger partial charge in [-0.15, -0.1) is 11.8 Å². The first-order valence-electron chi connectivity index (χ1n) is 8.20. The number of thioether (sulfide) groups is 1. The van der Waals surface area contributed by atoms with Gasteiger partial charge >= 0.3 is 0 Å². The van der Waals surface area contributed by atoms with Gasteiger partial charge in [0.15, 0.2) is 0 Å². The molecule has 1 N–H and O–H groups in total. The fourth-order valence-electron chi connectivity index (χ4n) is 3.00. The zero-order valence-corrected chi connectivity index (χ0v) is 15.2. The highest BCUT2D eigenvalue weighted by atomic mass is 32.2. The molecule has 3 rings (SSSR count). The molecule has 2 aromatic rings. The summed E-state index contributed by atoms with van der Waals surface area (Å²) in [6, 6.07) is 16.1. The smallest absolute Gasteiger partial charge is 0.230 e. The summed E-state index contributed by atoms with van der Waals surface area (Å²) in [5.41, 5.74) is 1.97. The topological polar surface area (TPSA) is 38.3 Å². The second kappa shape index (κ2) is 6.89. The molecule has 0 fully saturated rings. The summed E-state index contributed by atoms with van der Waals surface area (Å²) in [6.07, 6.45) is 0.769. The number of nitrogens with one attached hydrogen (secondary N) is 1. The molecule has 1 atom stereocenters. The molecule has 1 aliphatic rings. The largest absolute Gasteiger partial charge is 0.487 e. The van der Waals surface area contributed by atoms with E-state index in [9.17, 15) is 4.79 Å². The van der Waals surface area contributed by atoms with Crippen LogP contribution in [0.15, 0.2) is 53.4 Å². The molecule has 0 saturated carbocycles. The van der Waals surface area contributed by atoms with Gasteiger partial charge in [-0.25, -0.2) is 0 Å². The molecule has 4 heteroatoms. The predicted octanol–water partition coefficient (Wildman–Crippen LogP) is 4.51. The van der Waals surface area contributed by atoms with Gasteiger partial charge in [-0.3, -0.25) is 4.79 Å². The molecule has 0 radical (unpaired) electrons. The van der Waals surface area contributed by atoms with Crippen LogP contribution >= 0.6 is 11.8 Å². The van der Waals surface area contributed by atoms with Crippen LogP contribution in [-0.4, -0.2) is 17.3 Å². The fourth-order valence-corrected chi connectivity index (χ4v) is 3.74. The van der Waals surface area contributed by atoms with Crippen LogP contribution in [0.3, 0.4) is 0 Å². The Hall–Kier alpha value is -1.94. The van der Waals surface area contributed by atoms with Crippen molar-refractivity contribution in [3.05, 3.63) is 59.7 Å². The highest BCUT2D eigenvalue weighted by molar-refractivity contribution is 8.00. The van der Waals surface area contributed by atoms with Crippen molar-refractivity contribution < 1.29 is 9.53 Å². The summed E-state index contributed by atoms with van der Waals surface area (Å²) in [7, 11) is 0. The first-order valence-corrected chi connectivity index (χ1v) is 9.18. The van der Waals surface area contributed by atoms with Crippen molar-refractivity contribution in [2.45, 2.75) is 43.7 Å². The Labute approximate surface area is 147 Å². The molecule has 3 nitrogen and oxygen atoms in total. The molecule has 0 aliphatic carbocycles. The maximum atomic E-state index is 12.4. The zero-order chi connectivity index (χ0) is 17.2. The van der Waals surface area contributed by atoms with Gasteiger partial charge in [-0.1, -0.05) is 35.9 Å². The fraction of sp³-hybridized carbons (Fsp3) is 0.350. The highest BCUT2D eigenvalue weighted by Gasteiger charge is 2.34. The van der Waals surface area contributed by atoms with Gasteiger partial charge in [0.1, 0.15) is 11.4 Å². The molecule has 2 aromatic carbocycles. The SMILES string of the molecule is Cc1ccc2c(c1)[C@H](NC(=O)CSc1ccccc1)CC(C)(C)O2. The van der Waals surface area contributed by atoms with E-state index in [1.807, 2.05) is 42.5 Å². The van der Waals surface area contributed by atoms with E-state index in [1.54, 1.807) is 11.8 Å². The maximum Gasteiger partial charge on any atom is 0.230 e. The van der Waals surface area contributed by atoms with E-state index in [0.717, 1.165) is 22.6 Å². The van der Waals surface area contributed by atoms with Gasteiger partial charge in [0.05, 0.1) is 11.8 Å². The molecular weight excluding hydrogens is 318 g/mol. The van der Waals surface area contributed by atoms with Crippen molar-refractivity contribution in [3.8, 4) is 5.75 Å². The number of carbonyl (C=O) groups is 1. The third kappa shape index (κ3) is 4.12. The normalized spacial score (nSPS) is 18.4. The quantitative estimate of drug-likeness (QED) is 0.832. The molecule has 0 bridgehead atoms. The van der Waals surface area contributed by atoms with E-state index in [0.29, 0.717) is 5.75 Å². The monoisotopic (exact) mass is 341 g/mol. The Bertz CT molecular complexity index is 728. The van der Waals surface area contributed by atoms with Crippen molar-refractivity contribution >= 4 is 17.7 Å². The van der Waals surface area contributed by atoms with E-state index in [4.69, 9.17) is 4.74 Å². The van der Waals surface area contributed by atoms with Crippen LogP contribution in [-0.2, 0) is 4.79 Å². The lowest BCUT2D eigenvalue weighted by Crippen LogP contribution is -2.41. The Morgan fingerprint density at radius 1 is 1.25 bits per heavy atom. The molecule has 0 aromatic heterocycles. The van der Waals surface area contributed by atoms with Crippen molar-refractivity contribution in [2.75, 3.05) is 5.75 Å². The molecule has 126 valence electrons. The molecular formula is C20H23NO2S. The number of aryl methyl sites for hydroxylation is 1. The van der Waals surface area contributed by atoms with Crippen LogP contribution in [0, 0.1) is 6.92 Å². The number of fused-ring (bicyclic) bond motifs is 1. The summed E-state index contributed by atoms with van der Waals surface area (Å²) in [4.78, 5) is 13.5. The standard InChI is InChI=1S/C20H23NO2S/c1-14-9-10-18-16(11-14)17(12-20(2,3)23-18)21-19(22)13-24-15-7-5-4-6-8-15/h4-11,17H,12-13H2,1-3H3,(H,21,22)/t17-/m1/s1. The first-order chi connectivity index (χ1) is 11.4. The van der Waals surface area contributed by atoms with E-state index >= 15 is 0 Å². The van der Waals surface area contributed by atoms with Crippen molar-refractivity contribution in [3.63, 3.8) is 0 Å². The van der Waals surface area contributed by atoms with Gasteiger partial charge in [0.25, 0.3) is 0 Å². The van der Waals surface area contributed by atoms with E-state index in [-0.39, 0.29) is 17.6 Å². The molecule has 0 spiro atoms. The summed E-state index contributed by atoms with van der Waals surface area (Å²) in [5, 5.41) is 3.19. The Balaban J connectivity index is 1.70. The van der Waals surface area contributed by atoms with Crippen molar-refractivity contribution in [2.24, 2.45) is 0 Å². The minimum Gasteiger partial charge on any atom is -0.487 e. The van der Waals surface area contributed by atoms with Crippen LogP contribution in [0.4, 0.5) is 0 Å². The Kier molecular flexibility index (Phi) is 4.86. The molecule has 1 amide bonds. The number of hydrogen-bond donors (Lipinski definition) is 1. The average Bonchev–Trinajstić information content (AvgIpc) is 2.54. The number of benzene rings is 2. The lowest BCUT2D eigenvalue weighted by atomic mass is 9.89. The number of rotatable bonds is 4. The number of hydrogen-bond acceptors (Lipinski definition) is 3. The summed E-state index contributed by atoms with van der Waals surface area (Å²) >= 11 is 1.56. The van der Waals surface area contributed by atoms with Gasteiger partial charge in [-0.2, -0.15) is 0 Å². The molecule has 1 heterocycles. The number of ether oxygens (including phenoxy) is 1. The van der Waals surface area contributed by atoms with Crippen LogP contribution in [0.25, 0.3) is 0 Å². The van der Waals surface area contributed by atoms with Crippen LogP contribution in [0.2, 0.25) is 0 Å². The lowest BCUT2D eigenvalue weighted by molar-refractivity contribution is -0.119. The number of carbonyl (C=O) groups excluding carboxylic acids is 1. The molecule has 0 saturated heterocycles. The van der Waals surface area contributed by atoms with Gasteiger partial charge in [0, 0.05) is 16.9 Å². The molecule has 1 aliphatic heterocycles. The lowest BCUT2D eigenvalue weighted by Gasteiger charge is -2.38. The maximum absolute atomic E-state index is 12.4. The second-order valence-corrected chi connectivity index (χ2v) is 7.88. The minimum atomic E-state index is -0.285. The Morgan fingerprint density at radius 2 is 2.00 bits per heavy atom. The highest BCUT2D eigenvalue weighted by Crippen LogP contribution is 2.39. The molecule has 0 unspecified atom stereocenters. The first kappa shape index (κ1) is 16.9. The van der Waals surface area contributed by atoms with Crippen molar-refractivity contribution in [1.82, 2.24) is 5.32 Å². The van der Waals surface area contributed by atoms with Crippen LogP contribution in [0.1, 0.15) is 37.4 Å². The van der Waals surface area contributed by atoms with Gasteiger partial charge in [-0.05, 0) is 39.0 Å². The minimum absolute atomic E-state index is 0.00692. The van der Waals surface area contributed by atoms with Crippen LogP contribution < -0.4 is 10.1 Å². The second-order valence-electron chi connectivity index (χ2n) is 6.83. The summed E-state index contributed by atoms with van der Waals surface area (Å²) in [6.45, 7) is 6.19. The van der Waals surface area contributed by atoms with Gasteiger partial charge < -0.3 is 10.1 Å². The average molecular weight is 341 g/mol. The van der Waals surface area contributed by atoms with E-state index in [1.165, 1.54) is 5.56 Å². The zero-order valence-electron chi connectivity index (χ0n) is 14.3. The van der Waals surface area contributed by atoms with E-state index in [2.05, 4.69) is 32.2 Å². The van der Waals surface area contributed by atoms with Crippen molar-refractivity contribution in [1.29, 1.82) is 0 Å². The predicted molar refractivity (Wildman–Crippen MR) is 98.6 cm³/mol. The third-order valence-corrected chi connectivity index (χ3v) is 5.08. The Morgan fingerprint density at radius 3 is 2.75 bits per heavy atom. The van der Waals surface area contributed by atoms with Crippen LogP contribution in [0.5, 0.6) is 5.75 Å². The number of amides is 1. The van der Waals surface area contributed by atoms with E-state index < -0.39 is 0 Å². The summed E-state index contributed by atoms with van der Waals surface area (Å²) in [5.74, 6) is 1.35. The molecule has 24 heavy (non-hydrogen) atoms.